The van der Waals surface area contributed by atoms with Crippen LogP contribution in [0.15, 0.2) is 34.7 Å². The molecule has 0 spiro atoms. The van der Waals surface area contributed by atoms with E-state index < -0.39 is 22.4 Å². The van der Waals surface area contributed by atoms with Crippen molar-refractivity contribution >= 4 is 44.9 Å². The van der Waals surface area contributed by atoms with Gasteiger partial charge in [0.15, 0.2) is 0 Å². The molecule has 0 fully saturated rings. The van der Waals surface area contributed by atoms with Gasteiger partial charge in [0, 0.05) is 22.4 Å². The van der Waals surface area contributed by atoms with Crippen LogP contribution in [0.4, 0.5) is 10.7 Å². The third-order valence-corrected chi connectivity index (χ3v) is 5.60. The summed E-state index contributed by atoms with van der Waals surface area (Å²) in [5, 5.41) is 22.3. The fourth-order valence-corrected chi connectivity index (χ4v) is 3.77. The van der Waals surface area contributed by atoms with E-state index in [1.54, 1.807) is 13.0 Å². The predicted octanol–water partition coefficient (Wildman–Crippen LogP) is 4.43. The van der Waals surface area contributed by atoms with E-state index in [1.165, 1.54) is 35.6 Å². The third kappa shape index (κ3) is 4.23. The molecule has 2 heterocycles. The van der Waals surface area contributed by atoms with Crippen LogP contribution in [-0.2, 0) is 4.74 Å². The number of benzene rings is 1. The lowest BCUT2D eigenvalue weighted by Gasteiger charge is -2.07. The summed E-state index contributed by atoms with van der Waals surface area (Å²) in [6.45, 7) is 5.80. The standard InChI is InChI=1S/C20H19N3O6S/c1-4-28-20(25)14-9-16(10(2)3)30-19(14)22-18(24)13-8-11-7-12(23(26)27)5-6-15(11)29-17(13)21/h5-10,21H,4H2,1-3H3,(H,22,24). The number of hydrogen-bond donors (Lipinski definition) is 2. The fourth-order valence-electron chi connectivity index (χ4n) is 2.73. The zero-order chi connectivity index (χ0) is 22.0. The molecular formula is C20H19N3O6S. The Balaban J connectivity index is 2.00. The summed E-state index contributed by atoms with van der Waals surface area (Å²) in [6.07, 6.45) is 0. The molecule has 0 aliphatic heterocycles. The summed E-state index contributed by atoms with van der Waals surface area (Å²) >= 11 is 1.25. The molecule has 0 saturated carbocycles. The van der Waals surface area contributed by atoms with Crippen molar-refractivity contribution in [2.75, 3.05) is 11.9 Å². The first-order valence-corrected chi connectivity index (χ1v) is 9.92. The van der Waals surface area contributed by atoms with E-state index in [1.807, 2.05) is 13.8 Å². The number of anilines is 1. The number of thiophene rings is 1. The number of carbonyl (C=O) groups is 2. The maximum Gasteiger partial charge on any atom is 0.341 e. The Bertz CT molecular complexity index is 1210. The van der Waals surface area contributed by atoms with Crippen LogP contribution in [-0.4, -0.2) is 23.4 Å². The van der Waals surface area contributed by atoms with Gasteiger partial charge in [-0.15, -0.1) is 11.3 Å². The molecular weight excluding hydrogens is 410 g/mol. The zero-order valence-corrected chi connectivity index (χ0v) is 17.3. The number of esters is 1. The van der Waals surface area contributed by atoms with Gasteiger partial charge in [0.1, 0.15) is 16.1 Å². The molecule has 30 heavy (non-hydrogen) atoms. The highest BCUT2D eigenvalue weighted by atomic mass is 32.1. The number of nitro benzene ring substituents is 1. The molecule has 10 heteroatoms. The van der Waals surface area contributed by atoms with Crippen LogP contribution in [0.2, 0.25) is 0 Å². The summed E-state index contributed by atoms with van der Waals surface area (Å²) in [4.78, 5) is 36.4. The van der Waals surface area contributed by atoms with Crippen molar-refractivity contribution < 1.29 is 23.7 Å². The van der Waals surface area contributed by atoms with Gasteiger partial charge in [0.2, 0.25) is 5.55 Å². The van der Waals surface area contributed by atoms with E-state index in [-0.39, 0.29) is 34.9 Å². The Morgan fingerprint density at radius 2 is 2.00 bits per heavy atom. The number of carbonyl (C=O) groups excluding carboxylic acids is 2. The topological polar surface area (TPSA) is 136 Å². The molecule has 1 amide bonds. The van der Waals surface area contributed by atoms with E-state index in [9.17, 15) is 19.7 Å². The van der Waals surface area contributed by atoms with Gasteiger partial charge < -0.3 is 14.5 Å². The Labute approximate surface area is 174 Å². The molecule has 9 nitrogen and oxygen atoms in total. The predicted molar refractivity (Wildman–Crippen MR) is 111 cm³/mol. The van der Waals surface area contributed by atoms with Crippen LogP contribution in [0.3, 0.4) is 0 Å². The Kier molecular flexibility index (Phi) is 5.97. The quantitative estimate of drug-likeness (QED) is 0.338. The first kappa shape index (κ1) is 21.2. The van der Waals surface area contributed by atoms with Crippen molar-refractivity contribution in [1.82, 2.24) is 0 Å². The van der Waals surface area contributed by atoms with Gasteiger partial charge in [0.25, 0.3) is 11.6 Å². The van der Waals surface area contributed by atoms with Crippen LogP contribution in [0.25, 0.3) is 11.0 Å². The van der Waals surface area contributed by atoms with Gasteiger partial charge in [-0.1, -0.05) is 13.8 Å². The second-order valence-electron chi connectivity index (χ2n) is 6.69. The Morgan fingerprint density at radius 1 is 1.27 bits per heavy atom. The van der Waals surface area contributed by atoms with Crippen LogP contribution >= 0.6 is 11.3 Å². The Morgan fingerprint density at radius 3 is 2.63 bits per heavy atom. The normalized spacial score (nSPS) is 10.9. The number of ether oxygens (including phenoxy) is 1. The average Bonchev–Trinajstić information content (AvgIpc) is 3.11. The molecule has 2 N–H and O–H groups in total. The van der Waals surface area contributed by atoms with Crippen molar-refractivity contribution in [3.8, 4) is 0 Å². The molecule has 0 radical (unpaired) electrons. The van der Waals surface area contributed by atoms with Crippen molar-refractivity contribution in [2.45, 2.75) is 26.7 Å². The third-order valence-electron chi connectivity index (χ3n) is 4.25. The lowest BCUT2D eigenvalue weighted by molar-refractivity contribution is -0.384. The first-order valence-electron chi connectivity index (χ1n) is 9.10. The van der Waals surface area contributed by atoms with Gasteiger partial charge in [-0.05, 0) is 31.0 Å². The van der Waals surface area contributed by atoms with Crippen LogP contribution < -0.4 is 10.9 Å². The van der Waals surface area contributed by atoms with Gasteiger partial charge in [-0.2, -0.15) is 0 Å². The second kappa shape index (κ2) is 8.46. The van der Waals surface area contributed by atoms with E-state index in [2.05, 4.69) is 5.32 Å². The smallest absolute Gasteiger partial charge is 0.341 e. The van der Waals surface area contributed by atoms with Gasteiger partial charge in [-0.25, -0.2) is 4.79 Å². The number of amides is 1. The highest BCUT2D eigenvalue weighted by Gasteiger charge is 2.22. The summed E-state index contributed by atoms with van der Waals surface area (Å²) in [5.41, 5.74) is -0.193. The van der Waals surface area contributed by atoms with Gasteiger partial charge in [-0.3, -0.25) is 20.3 Å². The van der Waals surface area contributed by atoms with E-state index in [0.717, 1.165) is 4.88 Å². The summed E-state index contributed by atoms with van der Waals surface area (Å²) in [7, 11) is 0. The maximum atomic E-state index is 12.8. The van der Waals surface area contributed by atoms with Crippen molar-refractivity contribution in [3.63, 3.8) is 0 Å². The van der Waals surface area contributed by atoms with Crippen LogP contribution in [0.1, 0.15) is 52.3 Å². The summed E-state index contributed by atoms with van der Waals surface area (Å²) in [6, 6.07) is 6.93. The molecule has 0 unspecified atom stereocenters. The number of non-ortho nitro benzene ring substituents is 1. The first-order chi connectivity index (χ1) is 14.2. The fraction of sp³-hybridized carbons (Fsp3) is 0.250. The molecule has 0 bridgehead atoms. The number of nitrogens with one attached hydrogen (secondary N) is 2. The molecule has 0 aliphatic rings. The minimum atomic E-state index is -0.667. The van der Waals surface area contributed by atoms with E-state index in [0.29, 0.717) is 10.4 Å². The summed E-state index contributed by atoms with van der Waals surface area (Å²) < 4.78 is 10.4. The average molecular weight is 429 g/mol. The largest absolute Gasteiger partial charge is 0.462 e. The number of nitro groups is 1. The second-order valence-corrected chi connectivity index (χ2v) is 7.77. The molecule has 0 atom stereocenters. The number of hydrogen-bond acceptors (Lipinski definition) is 8. The number of nitrogens with zero attached hydrogens (tertiary/aromatic N) is 1. The SMILES string of the molecule is CCOC(=O)c1cc(C(C)C)sc1NC(=O)c1cc2cc([N+](=O)[O-])ccc2oc1=N. The molecule has 1 aromatic carbocycles. The van der Waals surface area contributed by atoms with E-state index >= 15 is 0 Å². The molecule has 3 aromatic rings. The molecule has 156 valence electrons. The monoisotopic (exact) mass is 429 g/mol. The number of fused-ring (bicyclic) bond motifs is 1. The van der Waals surface area contributed by atoms with E-state index in [4.69, 9.17) is 14.6 Å². The molecule has 3 rings (SSSR count). The minimum Gasteiger partial charge on any atom is -0.462 e. The highest BCUT2D eigenvalue weighted by Crippen LogP contribution is 2.33. The maximum absolute atomic E-state index is 12.8. The molecule has 0 aliphatic carbocycles. The van der Waals surface area contributed by atoms with Gasteiger partial charge >= 0.3 is 5.97 Å². The van der Waals surface area contributed by atoms with Crippen molar-refractivity contribution in [3.05, 3.63) is 62.0 Å². The van der Waals surface area contributed by atoms with Crippen molar-refractivity contribution in [1.29, 1.82) is 5.41 Å². The van der Waals surface area contributed by atoms with Crippen LogP contribution in [0.5, 0.6) is 0 Å². The molecule has 0 saturated heterocycles. The van der Waals surface area contributed by atoms with Crippen molar-refractivity contribution in [2.24, 2.45) is 0 Å². The Hall–Kier alpha value is -3.53. The van der Waals surface area contributed by atoms with Gasteiger partial charge in [0.05, 0.1) is 17.1 Å². The van der Waals surface area contributed by atoms with Crippen LogP contribution in [0, 0.1) is 15.5 Å². The summed E-state index contributed by atoms with van der Waals surface area (Å²) in [5.74, 6) is -1.09. The zero-order valence-electron chi connectivity index (χ0n) is 16.5. The number of rotatable bonds is 6. The minimum absolute atomic E-state index is 0.114. The lowest BCUT2D eigenvalue weighted by Crippen LogP contribution is -2.21. The molecule has 2 aromatic heterocycles. The lowest BCUT2D eigenvalue weighted by atomic mass is 10.1. The highest BCUT2D eigenvalue weighted by molar-refractivity contribution is 7.16.